The minimum Gasteiger partial charge on any atom is -0.251 e. The van der Waals surface area contributed by atoms with Gasteiger partial charge < -0.3 is 0 Å². The van der Waals surface area contributed by atoms with Crippen molar-refractivity contribution in [3.63, 3.8) is 0 Å². The molecule has 0 unspecified atom stereocenters. The Labute approximate surface area is 112 Å². The first-order valence-corrected chi connectivity index (χ1v) is 5.43. The highest BCUT2D eigenvalue weighted by molar-refractivity contribution is 5.15. The van der Waals surface area contributed by atoms with Crippen LogP contribution in [0.25, 0.3) is 0 Å². The maximum atomic E-state index is 12.3. The third-order valence-electron chi connectivity index (χ3n) is 2.46. The first-order valence-electron chi connectivity index (χ1n) is 5.43. The number of hydrogen-bond donors (Lipinski definition) is 0. The molecule has 0 aromatic heterocycles. The van der Waals surface area contributed by atoms with Gasteiger partial charge in [0.2, 0.25) is 0 Å². The Kier molecular flexibility index (Phi) is 5.25. The van der Waals surface area contributed by atoms with Crippen molar-refractivity contribution in [3.05, 3.63) is 0 Å². The van der Waals surface area contributed by atoms with Crippen molar-refractivity contribution in [2.24, 2.45) is 5.92 Å². The minimum atomic E-state index is -6.83. The summed E-state index contributed by atoms with van der Waals surface area (Å²) < 4.78 is 134. The van der Waals surface area contributed by atoms with Gasteiger partial charge in [-0.2, -0.15) is 43.9 Å². The Morgan fingerprint density at radius 1 is 0.667 bits per heavy atom. The van der Waals surface area contributed by atoms with Crippen LogP contribution < -0.4 is 0 Å². The molecule has 1 aliphatic carbocycles. The van der Waals surface area contributed by atoms with Gasteiger partial charge in [0.05, 0.1) is 13.1 Å². The maximum Gasteiger partial charge on any atom is 0.384 e. The van der Waals surface area contributed by atoms with Gasteiger partial charge in [-0.1, -0.05) is 13.8 Å². The summed E-state index contributed by atoms with van der Waals surface area (Å²) in [5.41, 5.74) is 0. The fourth-order valence-electron chi connectivity index (χ4n) is 1.16. The standard InChI is InChI=1S/C6H2F10.C4H9F/c7-2(8)1-3(9,10)5(13,14)6(15,16)4(2,11)12;1-4(2)3-5/h1H2;4H,3H2,1-2H3. The van der Waals surface area contributed by atoms with Gasteiger partial charge in [-0.05, 0) is 5.92 Å². The monoisotopic (exact) mass is 340 g/mol. The molecule has 0 atom stereocenters. The molecule has 0 aromatic carbocycles. The molecule has 0 aromatic rings. The Bertz CT molecular complexity index is 330. The highest BCUT2D eigenvalue weighted by atomic mass is 19.4. The summed E-state index contributed by atoms with van der Waals surface area (Å²) in [5, 5.41) is 0. The molecule has 0 nitrogen and oxygen atoms in total. The third-order valence-corrected chi connectivity index (χ3v) is 2.46. The van der Waals surface area contributed by atoms with Crippen LogP contribution in [-0.4, -0.2) is 36.3 Å². The summed E-state index contributed by atoms with van der Waals surface area (Å²) >= 11 is 0. The molecule has 0 radical (unpaired) electrons. The van der Waals surface area contributed by atoms with Gasteiger partial charge in [0, 0.05) is 0 Å². The summed E-state index contributed by atoms with van der Waals surface area (Å²) in [6.07, 6.45) is -3.34. The molecule has 21 heavy (non-hydrogen) atoms. The zero-order chi connectivity index (χ0) is 17.5. The Morgan fingerprint density at radius 3 is 1.10 bits per heavy atom. The van der Waals surface area contributed by atoms with Crippen LogP contribution >= 0.6 is 0 Å². The van der Waals surface area contributed by atoms with Crippen LogP contribution in [0, 0.1) is 5.92 Å². The van der Waals surface area contributed by atoms with E-state index in [1.54, 1.807) is 0 Å². The molecule has 1 fully saturated rings. The van der Waals surface area contributed by atoms with Crippen molar-refractivity contribution < 1.29 is 48.3 Å². The quantitative estimate of drug-likeness (QED) is 0.577. The van der Waals surface area contributed by atoms with Crippen molar-refractivity contribution in [1.29, 1.82) is 0 Å². The lowest BCUT2D eigenvalue weighted by Gasteiger charge is -2.45. The molecule has 1 aliphatic rings. The summed E-state index contributed by atoms with van der Waals surface area (Å²) in [6.45, 7) is 3.50. The number of hydrogen-bond acceptors (Lipinski definition) is 0. The zero-order valence-corrected chi connectivity index (χ0v) is 10.6. The van der Waals surface area contributed by atoms with Crippen molar-refractivity contribution in [1.82, 2.24) is 0 Å². The summed E-state index contributed by atoms with van der Waals surface area (Å²) in [5.74, 6) is -31.5. The Hall–Kier alpha value is -0.770. The normalized spacial score (nSPS) is 27.7. The van der Waals surface area contributed by atoms with Gasteiger partial charge in [-0.15, -0.1) is 0 Å². The SMILES string of the molecule is CC(C)CF.FC1(F)CC(F)(F)C(F)(F)C(F)(F)C1(F)F. The first kappa shape index (κ1) is 20.2. The molecule has 1 rings (SSSR count). The second-order valence-electron chi connectivity index (χ2n) is 4.86. The van der Waals surface area contributed by atoms with Crippen LogP contribution in [-0.2, 0) is 0 Å². The van der Waals surface area contributed by atoms with E-state index in [1.807, 2.05) is 13.8 Å². The Balaban J connectivity index is 0.000000690. The fourth-order valence-corrected chi connectivity index (χ4v) is 1.16. The number of rotatable bonds is 1. The molecule has 128 valence electrons. The van der Waals surface area contributed by atoms with E-state index in [2.05, 4.69) is 0 Å². The van der Waals surface area contributed by atoms with Crippen LogP contribution in [0.15, 0.2) is 0 Å². The summed E-state index contributed by atoms with van der Waals surface area (Å²) in [6, 6.07) is 0. The van der Waals surface area contributed by atoms with Crippen LogP contribution in [0.3, 0.4) is 0 Å². The van der Waals surface area contributed by atoms with E-state index in [4.69, 9.17) is 0 Å². The minimum absolute atomic E-state index is 0.194. The molecule has 0 heterocycles. The van der Waals surface area contributed by atoms with Gasteiger partial charge in [-0.25, -0.2) is 0 Å². The van der Waals surface area contributed by atoms with E-state index >= 15 is 0 Å². The molecular formula is C10H11F11. The summed E-state index contributed by atoms with van der Waals surface area (Å²) in [4.78, 5) is 0. The molecule has 0 saturated heterocycles. The predicted molar refractivity (Wildman–Crippen MR) is 50.2 cm³/mol. The number of halogens is 11. The molecule has 0 amide bonds. The predicted octanol–water partition coefficient (Wildman–Crippen LogP) is 5.18. The third kappa shape index (κ3) is 3.05. The average Bonchev–Trinajstić information content (AvgIpc) is 2.26. The number of alkyl halides is 11. The van der Waals surface area contributed by atoms with Crippen molar-refractivity contribution in [2.45, 2.75) is 49.9 Å². The molecule has 0 spiro atoms. The van der Waals surface area contributed by atoms with Crippen LogP contribution in [0.5, 0.6) is 0 Å². The fraction of sp³-hybridized carbons (Fsp3) is 1.00. The molecule has 1 saturated carbocycles. The molecule has 0 N–H and O–H groups in total. The van der Waals surface area contributed by atoms with E-state index in [0.717, 1.165) is 0 Å². The Morgan fingerprint density at radius 2 is 0.905 bits per heavy atom. The van der Waals surface area contributed by atoms with E-state index in [1.165, 1.54) is 0 Å². The molecule has 0 aliphatic heterocycles. The van der Waals surface area contributed by atoms with Gasteiger partial charge in [0.15, 0.2) is 0 Å². The van der Waals surface area contributed by atoms with Crippen LogP contribution in [0.1, 0.15) is 20.3 Å². The van der Waals surface area contributed by atoms with E-state index in [9.17, 15) is 48.3 Å². The van der Waals surface area contributed by atoms with Gasteiger partial charge in [0.25, 0.3) is 0 Å². The highest BCUT2D eigenvalue weighted by Crippen LogP contribution is 2.64. The van der Waals surface area contributed by atoms with Crippen molar-refractivity contribution >= 4 is 0 Å². The molecule has 0 bridgehead atoms. The second kappa shape index (κ2) is 5.45. The lowest BCUT2D eigenvalue weighted by atomic mass is 9.83. The average molecular weight is 340 g/mol. The lowest BCUT2D eigenvalue weighted by molar-refractivity contribution is -0.443. The van der Waals surface area contributed by atoms with Crippen molar-refractivity contribution in [3.8, 4) is 0 Å². The highest BCUT2D eigenvalue weighted by Gasteiger charge is 2.91. The van der Waals surface area contributed by atoms with Crippen LogP contribution in [0.4, 0.5) is 48.3 Å². The largest absolute Gasteiger partial charge is 0.384 e. The summed E-state index contributed by atoms with van der Waals surface area (Å²) in [7, 11) is 0. The van der Waals surface area contributed by atoms with Gasteiger partial charge in [-0.3, -0.25) is 4.39 Å². The molecule has 11 heteroatoms. The smallest absolute Gasteiger partial charge is 0.251 e. The lowest BCUT2D eigenvalue weighted by Crippen LogP contribution is -2.73. The van der Waals surface area contributed by atoms with E-state index in [-0.39, 0.29) is 12.6 Å². The maximum absolute atomic E-state index is 12.3. The molecular weight excluding hydrogens is 329 g/mol. The van der Waals surface area contributed by atoms with Crippen LogP contribution in [0.2, 0.25) is 0 Å². The first-order chi connectivity index (χ1) is 8.98. The second-order valence-corrected chi connectivity index (χ2v) is 4.86. The topological polar surface area (TPSA) is 0 Å². The van der Waals surface area contributed by atoms with Crippen molar-refractivity contribution in [2.75, 3.05) is 6.67 Å². The zero-order valence-electron chi connectivity index (χ0n) is 10.6. The van der Waals surface area contributed by atoms with E-state index in [0.29, 0.717) is 0 Å². The van der Waals surface area contributed by atoms with Gasteiger partial charge >= 0.3 is 29.6 Å². The van der Waals surface area contributed by atoms with Gasteiger partial charge in [0.1, 0.15) is 0 Å². The van der Waals surface area contributed by atoms with E-state index < -0.39 is 36.0 Å².